The van der Waals surface area contributed by atoms with Gasteiger partial charge in [-0.15, -0.1) is 0 Å². The standard InChI is InChI=1S/C9H19NO2/c1-3-12-7-9(11)4-5-10-6-8(9)2/h8,10-11H,3-7H2,1-2H3. The Morgan fingerprint density at radius 1 is 1.67 bits per heavy atom. The van der Waals surface area contributed by atoms with Crippen LogP contribution in [0, 0.1) is 5.92 Å². The number of ether oxygens (including phenoxy) is 1. The molecule has 2 N–H and O–H groups in total. The quantitative estimate of drug-likeness (QED) is 0.648. The van der Waals surface area contributed by atoms with Gasteiger partial charge in [-0.25, -0.2) is 0 Å². The Morgan fingerprint density at radius 3 is 3.00 bits per heavy atom. The molecule has 1 aliphatic heterocycles. The Morgan fingerprint density at radius 2 is 2.42 bits per heavy atom. The summed E-state index contributed by atoms with van der Waals surface area (Å²) in [6.07, 6.45) is 0.800. The minimum absolute atomic E-state index is 0.290. The van der Waals surface area contributed by atoms with Crippen molar-refractivity contribution in [1.82, 2.24) is 5.32 Å². The highest BCUT2D eigenvalue weighted by molar-refractivity contribution is 4.89. The predicted octanol–water partition coefficient (Wildman–Crippen LogP) is 0.383. The Labute approximate surface area is 74.1 Å². The van der Waals surface area contributed by atoms with Gasteiger partial charge in [-0.05, 0) is 25.8 Å². The molecule has 1 rings (SSSR count). The third-order valence-corrected chi connectivity index (χ3v) is 2.66. The summed E-state index contributed by atoms with van der Waals surface area (Å²) >= 11 is 0. The fourth-order valence-electron chi connectivity index (χ4n) is 1.55. The van der Waals surface area contributed by atoms with Gasteiger partial charge in [0, 0.05) is 13.2 Å². The third kappa shape index (κ3) is 2.19. The van der Waals surface area contributed by atoms with Crippen LogP contribution < -0.4 is 5.32 Å². The number of aliphatic hydroxyl groups is 1. The van der Waals surface area contributed by atoms with Crippen LogP contribution in [-0.4, -0.2) is 37.0 Å². The first-order valence-electron chi connectivity index (χ1n) is 4.70. The van der Waals surface area contributed by atoms with Crippen LogP contribution in [0.25, 0.3) is 0 Å². The smallest absolute Gasteiger partial charge is 0.0929 e. The molecule has 0 aromatic rings. The molecule has 3 heteroatoms. The van der Waals surface area contributed by atoms with Crippen molar-refractivity contribution in [3.63, 3.8) is 0 Å². The van der Waals surface area contributed by atoms with Gasteiger partial charge < -0.3 is 15.2 Å². The fourth-order valence-corrected chi connectivity index (χ4v) is 1.55. The molecule has 1 fully saturated rings. The van der Waals surface area contributed by atoms with E-state index in [1.807, 2.05) is 6.92 Å². The summed E-state index contributed by atoms with van der Waals surface area (Å²) in [6.45, 7) is 6.96. The fraction of sp³-hybridized carbons (Fsp3) is 1.00. The second-order valence-electron chi connectivity index (χ2n) is 3.60. The normalized spacial score (nSPS) is 36.8. The first kappa shape index (κ1) is 9.96. The zero-order valence-electron chi connectivity index (χ0n) is 7.97. The lowest BCUT2D eigenvalue weighted by atomic mass is 9.84. The van der Waals surface area contributed by atoms with Crippen LogP contribution in [-0.2, 0) is 4.74 Å². The van der Waals surface area contributed by atoms with Gasteiger partial charge in [-0.2, -0.15) is 0 Å². The second-order valence-corrected chi connectivity index (χ2v) is 3.60. The van der Waals surface area contributed by atoms with Gasteiger partial charge >= 0.3 is 0 Å². The molecule has 72 valence electrons. The van der Waals surface area contributed by atoms with Crippen molar-refractivity contribution < 1.29 is 9.84 Å². The van der Waals surface area contributed by atoms with Crippen molar-refractivity contribution in [2.75, 3.05) is 26.3 Å². The van der Waals surface area contributed by atoms with E-state index in [0.29, 0.717) is 13.2 Å². The van der Waals surface area contributed by atoms with E-state index in [0.717, 1.165) is 19.5 Å². The lowest BCUT2D eigenvalue weighted by Crippen LogP contribution is -2.51. The van der Waals surface area contributed by atoms with E-state index in [9.17, 15) is 5.11 Å². The summed E-state index contributed by atoms with van der Waals surface area (Å²) in [5.74, 6) is 0.290. The van der Waals surface area contributed by atoms with Gasteiger partial charge in [0.2, 0.25) is 0 Å². The first-order chi connectivity index (χ1) is 5.69. The van der Waals surface area contributed by atoms with E-state index in [1.54, 1.807) is 0 Å². The van der Waals surface area contributed by atoms with E-state index in [1.165, 1.54) is 0 Å². The third-order valence-electron chi connectivity index (χ3n) is 2.66. The molecule has 2 atom stereocenters. The van der Waals surface area contributed by atoms with E-state index in [-0.39, 0.29) is 5.92 Å². The van der Waals surface area contributed by atoms with Gasteiger partial charge in [0.05, 0.1) is 12.2 Å². The molecule has 0 aliphatic carbocycles. The topological polar surface area (TPSA) is 41.5 Å². The van der Waals surface area contributed by atoms with Gasteiger partial charge in [0.1, 0.15) is 0 Å². The van der Waals surface area contributed by atoms with E-state index < -0.39 is 5.60 Å². The van der Waals surface area contributed by atoms with Crippen molar-refractivity contribution in [1.29, 1.82) is 0 Å². The molecule has 3 nitrogen and oxygen atoms in total. The van der Waals surface area contributed by atoms with Crippen LogP contribution >= 0.6 is 0 Å². The van der Waals surface area contributed by atoms with Crippen LogP contribution in [0.15, 0.2) is 0 Å². The van der Waals surface area contributed by atoms with Crippen LogP contribution in [0.5, 0.6) is 0 Å². The second kappa shape index (κ2) is 4.21. The van der Waals surface area contributed by atoms with Crippen molar-refractivity contribution in [2.45, 2.75) is 25.9 Å². The highest BCUT2D eigenvalue weighted by Gasteiger charge is 2.35. The molecule has 0 aromatic carbocycles. The number of piperidine rings is 1. The minimum Gasteiger partial charge on any atom is -0.387 e. The largest absolute Gasteiger partial charge is 0.387 e. The van der Waals surface area contributed by atoms with Gasteiger partial charge in [-0.3, -0.25) is 0 Å². The summed E-state index contributed by atoms with van der Waals surface area (Å²) in [7, 11) is 0. The molecule has 1 aliphatic rings. The maximum absolute atomic E-state index is 10.1. The van der Waals surface area contributed by atoms with Crippen LogP contribution in [0.2, 0.25) is 0 Å². The zero-order valence-corrected chi connectivity index (χ0v) is 7.97. The van der Waals surface area contributed by atoms with Crippen molar-refractivity contribution in [3.8, 4) is 0 Å². The highest BCUT2D eigenvalue weighted by Crippen LogP contribution is 2.24. The predicted molar refractivity (Wildman–Crippen MR) is 48.1 cm³/mol. The molecule has 0 aromatic heterocycles. The number of hydrogen-bond donors (Lipinski definition) is 2. The number of rotatable bonds is 3. The summed E-state index contributed by atoms with van der Waals surface area (Å²) < 4.78 is 5.27. The maximum atomic E-state index is 10.1. The van der Waals surface area contributed by atoms with Crippen molar-refractivity contribution in [3.05, 3.63) is 0 Å². The van der Waals surface area contributed by atoms with Crippen LogP contribution in [0.1, 0.15) is 20.3 Å². The maximum Gasteiger partial charge on any atom is 0.0929 e. The van der Waals surface area contributed by atoms with Crippen molar-refractivity contribution >= 4 is 0 Å². The monoisotopic (exact) mass is 173 g/mol. The molecule has 0 spiro atoms. The van der Waals surface area contributed by atoms with Gasteiger partial charge in [0.15, 0.2) is 0 Å². The van der Waals surface area contributed by atoms with Crippen molar-refractivity contribution in [2.24, 2.45) is 5.92 Å². The van der Waals surface area contributed by atoms with Crippen LogP contribution in [0.4, 0.5) is 0 Å². The number of nitrogens with one attached hydrogen (secondary N) is 1. The molecular formula is C9H19NO2. The summed E-state index contributed by atoms with van der Waals surface area (Å²) in [5, 5.41) is 13.4. The molecule has 0 amide bonds. The highest BCUT2D eigenvalue weighted by atomic mass is 16.5. The summed E-state index contributed by atoms with van der Waals surface area (Å²) in [5.41, 5.74) is -0.596. The lowest BCUT2D eigenvalue weighted by molar-refractivity contribution is -0.0926. The Hall–Kier alpha value is -0.120. The zero-order chi connectivity index (χ0) is 9.03. The summed E-state index contributed by atoms with van der Waals surface area (Å²) in [4.78, 5) is 0. The summed E-state index contributed by atoms with van der Waals surface area (Å²) in [6, 6.07) is 0. The molecule has 0 bridgehead atoms. The molecule has 0 saturated carbocycles. The Kier molecular flexibility index (Phi) is 3.50. The average Bonchev–Trinajstić information content (AvgIpc) is 2.07. The molecule has 1 heterocycles. The molecule has 12 heavy (non-hydrogen) atoms. The van der Waals surface area contributed by atoms with E-state index in [2.05, 4.69) is 12.2 Å². The molecule has 1 saturated heterocycles. The van der Waals surface area contributed by atoms with E-state index in [4.69, 9.17) is 4.74 Å². The Balaban J connectivity index is 2.42. The SMILES string of the molecule is CCOCC1(O)CCNCC1C. The van der Waals surface area contributed by atoms with E-state index >= 15 is 0 Å². The molecular weight excluding hydrogens is 154 g/mol. The van der Waals surface area contributed by atoms with Crippen LogP contribution in [0.3, 0.4) is 0 Å². The first-order valence-corrected chi connectivity index (χ1v) is 4.70. The number of hydrogen-bond acceptors (Lipinski definition) is 3. The minimum atomic E-state index is -0.596. The molecule has 2 unspecified atom stereocenters. The van der Waals surface area contributed by atoms with Gasteiger partial charge in [-0.1, -0.05) is 6.92 Å². The Bertz CT molecular complexity index is 140. The molecule has 0 radical (unpaired) electrons. The average molecular weight is 173 g/mol. The van der Waals surface area contributed by atoms with Gasteiger partial charge in [0.25, 0.3) is 0 Å². The lowest BCUT2D eigenvalue weighted by Gasteiger charge is -2.38.